The first-order valence-corrected chi connectivity index (χ1v) is 11.0. The van der Waals surface area contributed by atoms with Crippen LogP contribution in [0.1, 0.15) is 24.8 Å². The molecule has 1 fully saturated rings. The molecule has 1 aromatic heterocycles. The summed E-state index contributed by atoms with van der Waals surface area (Å²) >= 11 is 0. The zero-order valence-corrected chi connectivity index (χ0v) is 19.3. The second-order valence-electron chi connectivity index (χ2n) is 7.68. The average Bonchev–Trinajstić information content (AvgIpc) is 2.87. The highest BCUT2D eigenvalue weighted by atomic mass is 19.1. The van der Waals surface area contributed by atoms with Crippen LogP contribution in [0.15, 0.2) is 35.3 Å². The molecule has 0 bridgehead atoms. The summed E-state index contributed by atoms with van der Waals surface area (Å²) in [7, 11) is 2.56. The Morgan fingerprint density at radius 2 is 1.82 bits per heavy atom. The number of nitrogens with zero attached hydrogens (tertiary/aromatic N) is 3. The van der Waals surface area contributed by atoms with Gasteiger partial charge < -0.3 is 30.6 Å². The van der Waals surface area contributed by atoms with Gasteiger partial charge in [0.1, 0.15) is 6.61 Å². The zero-order valence-electron chi connectivity index (χ0n) is 19.3. The van der Waals surface area contributed by atoms with Crippen molar-refractivity contribution < 1.29 is 23.0 Å². The van der Waals surface area contributed by atoms with Gasteiger partial charge in [0, 0.05) is 25.0 Å². The Hall–Kier alpha value is -3.47. The summed E-state index contributed by atoms with van der Waals surface area (Å²) in [5.74, 6) is -0.825. The van der Waals surface area contributed by atoms with Crippen LogP contribution in [0.2, 0.25) is 0 Å². The Balaban J connectivity index is 1.54. The lowest BCUT2D eigenvalue weighted by Crippen LogP contribution is -2.28. The van der Waals surface area contributed by atoms with Gasteiger partial charge in [0.2, 0.25) is 5.95 Å². The molecular weight excluding hydrogens is 446 g/mol. The summed E-state index contributed by atoms with van der Waals surface area (Å²) in [6.45, 7) is 2.45. The second-order valence-corrected chi connectivity index (χ2v) is 7.68. The molecule has 9 nitrogen and oxygen atoms in total. The number of piperidine rings is 1. The van der Waals surface area contributed by atoms with Crippen molar-refractivity contribution in [2.75, 3.05) is 39.2 Å². The minimum Gasteiger partial charge on any atom is -0.494 e. The molecule has 0 radical (unpaired) electrons. The smallest absolute Gasteiger partial charge is 0.227 e. The Morgan fingerprint density at radius 1 is 1.18 bits per heavy atom. The van der Waals surface area contributed by atoms with Gasteiger partial charge in [-0.05, 0) is 38.3 Å². The van der Waals surface area contributed by atoms with Crippen molar-refractivity contribution in [3.63, 3.8) is 0 Å². The first kappa shape index (κ1) is 25.2. The van der Waals surface area contributed by atoms with Gasteiger partial charge in [-0.15, -0.1) is 0 Å². The van der Waals surface area contributed by atoms with Crippen LogP contribution in [0.4, 0.5) is 14.7 Å². The number of hydrogen-bond donors (Lipinski definition) is 3. The van der Waals surface area contributed by atoms with Crippen molar-refractivity contribution in [3.8, 4) is 17.2 Å². The Labute approximate surface area is 197 Å². The highest BCUT2D eigenvalue weighted by molar-refractivity contribution is 5.81. The molecule has 0 spiro atoms. The first-order chi connectivity index (χ1) is 16.5. The Morgan fingerprint density at radius 3 is 2.41 bits per heavy atom. The van der Waals surface area contributed by atoms with Gasteiger partial charge in [0.05, 0.1) is 37.9 Å². The molecule has 4 N–H and O–H groups in total. The van der Waals surface area contributed by atoms with Gasteiger partial charge in [0.25, 0.3) is 0 Å². The summed E-state index contributed by atoms with van der Waals surface area (Å²) in [6, 6.07) is 1.14. The molecule has 0 atom stereocenters. The average molecular weight is 477 g/mol. The lowest BCUT2D eigenvalue weighted by molar-refractivity contribution is 0.280. The number of halogens is 2. The molecule has 1 aromatic carbocycles. The predicted octanol–water partition coefficient (Wildman–Crippen LogP) is 3.02. The summed E-state index contributed by atoms with van der Waals surface area (Å²) < 4.78 is 44.2. The van der Waals surface area contributed by atoms with Gasteiger partial charge in [0.15, 0.2) is 28.9 Å². The Bertz CT molecular complexity index is 967. The first-order valence-electron chi connectivity index (χ1n) is 11.0. The van der Waals surface area contributed by atoms with E-state index in [1.165, 1.54) is 45.7 Å². The fourth-order valence-electron chi connectivity index (χ4n) is 3.51. The van der Waals surface area contributed by atoms with E-state index >= 15 is 0 Å². The van der Waals surface area contributed by atoms with Crippen LogP contribution < -0.4 is 30.6 Å². The molecule has 0 amide bonds. The van der Waals surface area contributed by atoms with Crippen molar-refractivity contribution in [1.82, 2.24) is 15.3 Å². The number of aromatic nitrogens is 2. The Kier molecular flexibility index (Phi) is 9.39. The number of hydrogen-bond acceptors (Lipinski definition) is 9. The SMILES string of the molecule is COc1cc(OC)c(F)c(COc2cnc(N/C(C=NCCC3CCNCC3)=C/N)nc2)c1F. The molecule has 3 rings (SSSR count). The van der Waals surface area contributed by atoms with Crippen LogP contribution >= 0.6 is 0 Å². The van der Waals surface area contributed by atoms with Crippen LogP contribution in [0.5, 0.6) is 17.2 Å². The van der Waals surface area contributed by atoms with Crippen LogP contribution in [0.25, 0.3) is 0 Å². The standard InChI is InChI=1S/C23H30F2N6O3/c1-32-19-9-20(33-2)22(25)18(21(19)24)14-34-17-12-29-23(30-13-17)31-16(10-26)11-28-8-5-15-3-6-27-7-4-15/h9-13,15,27H,3-8,14,26H2,1-2H3,(H,29,30,31)/b16-10+,28-11?. The number of nitrogens with two attached hydrogens (primary N) is 1. The number of allylic oxidation sites excluding steroid dienone is 1. The van der Waals surface area contributed by atoms with Crippen molar-refractivity contribution in [1.29, 1.82) is 0 Å². The molecule has 184 valence electrons. The fraction of sp³-hybridized carbons (Fsp3) is 0.435. The number of anilines is 1. The maximum absolute atomic E-state index is 14.5. The molecule has 0 saturated carbocycles. The zero-order chi connectivity index (χ0) is 24.3. The summed E-state index contributed by atoms with van der Waals surface area (Å²) in [6.07, 6.45) is 9.19. The molecule has 0 aliphatic carbocycles. The molecule has 2 aromatic rings. The van der Waals surface area contributed by atoms with Gasteiger partial charge in [-0.2, -0.15) is 0 Å². The minimum atomic E-state index is -0.864. The van der Waals surface area contributed by atoms with E-state index in [9.17, 15) is 8.78 Å². The topological polar surface area (TPSA) is 116 Å². The van der Waals surface area contributed by atoms with Crippen LogP contribution in [0.3, 0.4) is 0 Å². The number of aliphatic imine (C=N–C) groups is 1. The second kappa shape index (κ2) is 12.7. The molecule has 1 aliphatic heterocycles. The normalized spacial score (nSPS) is 14.9. The summed E-state index contributed by atoms with van der Waals surface area (Å²) in [4.78, 5) is 12.7. The molecule has 0 unspecified atom stereocenters. The van der Waals surface area contributed by atoms with Gasteiger partial charge in [-0.3, -0.25) is 4.99 Å². The summed E-state index contributed by atoms with van der Waals surface area (Å²) in [5.41, 5.74) is 5.89. The van der Waals surface area contributed by atoms with Crippen molar-refractivity contribution in [2.24, 2.45) is 16.6 Å². The maximum atomic E-state index is 14.5. The molecule has 1 saturated heterocycles. The number of benzene rings is 1. The quantitative estimate of drug-likeness (QED) is 0.424. The van der Waals surface area contributed by atoms with Crippen LogP contribution in [-0.2, 0) is 6.61 Å². The van der Waals surface area contributed by atoms with E-state index in [4.69, 9.17) is 19.9 Å². The van der Waals surface area contributed by atoms with E-state index in [-0.39, 0.29) is 28.8 Å². The van der Waals surface area contributed by atoms with E-state index in [2.05, 4.69) is 25.6 Å². The molecule has 1 aliphatic rings. The number of ether oxygens (including phenoxy) is 3. The van der Waals surface area contributed by atoms with E-state index in [1.54, 1.807) is 6.21 Å². The number of rotatable bonds is 11. The van der Waals surface area contributed by atoms with Crippen LogP contribution in [-0.4, -0.2) is 50.0 Å². The molecule has 11 heteroatoms. The monoisotopic (exact) mass is 476 g/mol. The molecule has 34 heavy (non-hydrogen) atoms. The highest BCUT2D eigenvalue weighted by Gasteiger charge is 2.20. The number of methoxy groups -OCH3 is 2. The minimum absolute atomic E-state index is 0.147. The third-order valence-corrected chi connectivity index (χ3v) is 5.47. The number of nitrogens with one attached hydrogen (secondary N) is 2. The predicted molar refractivity (Wildman–Crippen MR) is 125 cm³/mol. The van der Waals surface area contributed by atoms with Gasteiger partial charge >= 0.3 is 0 Å². The largest absolute Gasteiger partial charge is 0.494 e. The molecular formula is C23H30F2N6O3. The van der Waals surface area contributed by atoms with Crippen molar-refractivity contribution >= 4 is 12.2 Å². The fourth-order valence-corrected chi connectivity index (χ4v) is 3.51. The van der Waals surface area contributed by atoms with E-state index in [1.807, 2.05) is 0 Å². The lowest BCUT2D eigenvalue weighted by atomic mass is 9.95. The van der Waals surface area contributed by atoms with Crippen molar-refractivity contribution in [2.45, 2.75) is 25.9 Å². The molecule has 2 heterocycles. The van der Waals surface area contributed by atoms with Crippen LogP contribution in [0, 0.1) is 17.6 Å². The van der Waals surface area contributed by atoms with E-state index in [0.29, 0.717) is 11.6 Å². The van der Waals surface area contributed by atoms with Gasteiger partial charge in [-0.25, -0.2) is 18.7 Å². The highest BCUT2D eigenvalue weighted by Crippen LogP contribution is 2.32. The third-order valence-electron chi connectivity index (χ3n) is 5.47. The van der Waals surface area contributed by atoms with E-state index in [0.717, 1.165) is 32.1 Å². The lowest BCUT2D eigenvalue weighted by Gasteiger charge is -2.21. The van der Waals surface area contributed by atoms with Gasteiger partial charge in [-0.1, -0.05) is 0 Å². The van der Waals surface area contributed by atoms with Crippen molar-refractivity contribution in [3.05, 3.63) is 47.6 Å². The maximum Gasteiger partial charge on any atom is 0.227 e. The van der Waals surface area contributed by atoms with E-state index < -0.39 is 18.2 Å². The summed E-state index contributed by atoms with van der Waals surface area (Å²) in [5, 5.41) is 6.32. The third kappa shape index (κ3) is 6.77.